The Kier molecular flexibility index (Phi) is 3.95. The van der Waals surface area contributed by atoms with Gasteiger partial charge >= 0.3 is 0 Å². The highest BCUT2D eigenvalue weighted by molar-refractivity contribution is 5.17. The number of rotatable bonds is 3. The lowest BCUT2D eigenvalue weighted by molar-refractivity contribution is -0.188. The monoisotopic (exact) mass is 265 g/mol. The van der Waals surface area contributed by atoms with Crippen LogP contribution >= 0.6 is 0 Å². The number of ether oxygens (including phenoxy) is 1. The van der Waals surface area contributed by atoms with Crippen molar-refractivity contribution < 1.29 is 9.84 Å². The minimum Gasteiger partial charge on any atom is -0.388 e. The van der Waals surface area contributed by atoms with Crippen molar-refractivity contribution >= 4 is 0 Å². The molecule has 0 aromatic heterocycles. The maximum absolute atomic E-state index is 11.2. The second kappa shape index (κ2) is 5.07. The van der Waals surface area contributed by atoms with Crippen LogP contribution in [-0.2, 0) is 4.74 Å². The Morgan fingerprint density at radius 1 is 1.37 bits per heavy atom. The molecule has 1 aliphatic carbocycles. The van der Waals surface area contributed by atoms with Crippen molar-refractivity contribution in [2.45, 2.75) is 76.9 Å². The molecule has 3 nitrogen and oxygen atoms in total. The summed E-state index contributed by atoms with van der Waals surface area (Å²) in [5.41, 5.74) is -1.69. The molecule has 108 valence electrons. The van der Waals surface area contributed by atoms with E-state index in [0.29, 0.717) is 25.4 Å². The predicted octanol–water partition coefficient (Wildman–Crippen LogP) is 3.42. The molecule has 0 amide bonds. The highest BCUT2D eigenvalue weighted by Crippen LogP contribution is 2.55. The van der Waals surface area contributed by atoms with Crippen molar-refractivity contribution in [3.8, 4) is 6.07 Å². The maximum Gasteiger partial charge on any atom is 0.0882 e. The number of aliphatic hydroxyl groups is 1. The number of hydrogen-bond donors (Lipinski definition) is 1. The lowest BCUT2D eigenvalue weighted by Crippen LogP contribution is -2.55. The molecule has 2 rings (SSSR count). The van der Waals surface area contributed by atoms with Gasteiger partial charge in [0.15, 0.2) is 0 Å². The van der Waals surface area contributed by atoms with Crippen molar-refractivity contribution in [2.24, 2.45) is 11.3 Å². The van der Waals surface area contributed by atoms with E-state index in [1.54, 1.807) is 0 Å². The highest BCUT2D eigenvalue weighted by atomic mass is 16.5. The van der Waals surface area contributed by atoms with Gasteiger partial charge in [-0.3, -0.25) is 0 Å². The van der Waals surface area contributed by atoms with Gasteiger partial charge in [0.2, 0.25) is 0 Å². The van der Waals surface area contributed by atoms with Crippen LogP contribution in [0.15, 0.2) is 0 Å². The Balaban J connectivity index is 2.25. The lowest BCUT2D eigenvalue weighted by Gasteiger charge is -2.49. The van der Waals surface area contributed by atoms with Crippen LogP contribution < -0.4 is 0 Å². The summed E-state index contributed by atoms with van der Waals surface area (Å²) in [6.45, 7) is 6.91. The van der Waals surface area contributed by atoms with Gasteiger partial charge in [-0.2, -0.15) is 5.26 Å². The maximum atomic E-state index is 11.2. The van der Waals surface area contributed by atoms with E-state index < -0.39 is 11.0 Å². The molecule has 1 saturated carbocycles. The number of nitriles is 1. The Bertz CT molecular complexity index is 377. The Hall–Kier alpha value is -0.590. The Morgan fingerprint density at radius 2 is 2.11 bits per heavy atom. The molecule has 0 spiro atoms. The zero-order valence-electron chi connectivity index (χ0n) is 12.5. The molecule has 1 N–H and O–H groups in total. The van der Waals surface area contributed by atoms with Crippen LogP contribution in [0.1, 0.15) is 65.7 Å². The van der Waals surface area contributed by atoms with E-state index in [9.17, 15) is 10.4 Å². The summed E-state index contributed by atoms with van der Waals surface area (Å²) in [6.07, 6.45) is 5.98. The third-order valence-electron chi connectivity index (χ3n) is 5.68. The summed E-state index contributed by atoms with van der Waals surface area (Å²) in [5, 5.41) is 20.9. The summed E-state index contributed by atoms with van der Waals surface area (Å²) < 4.78 is 5.84. The van der Waals surface area contributed by atoms with E-state index in [1.165, 1.54) is 0 Å². The van der Waals surface area contributed by atoms with Gasteiger partial charge in [-0.15, -0.1) is 0 Å². The second-order valence-electron chi connectivity index (χ2n) is 6.82. The Morgan fingerprint density at radius 3 is 2.63 bits per heavy atom. The molecule has 2 aliphatic rings. The largest absolute Gasteiger partial charge is 0.388 e. The minimum atomic E-state index is -0.866. The van der Waals surface area contributed by atoms with Gasteiger partial charge in [-0.1, -0.05) is 20.3 Å². The summed E-state index contributed by atoms with van der Waals surface area (Å²) in [4.78, 5) is 0. The molecule has 4 unspecified atom stereocenters. The molecule has 19 heavy (non-hydrogen) atoms. The molecule has 1 saturated heterocycles. The van der Waals surface area contributed by atoms with E-state index in [2.05, 4.69) is 26.8 Å². The Labute approximate surface area is 117 Å². The first-order chi connectivity index (χ1) is 8.92. The molecule has 2 fully saturated rings. The molecule has 4 atom stereocenters. The summed E-state index contributed by atoms with van der Waals surface area (Å²) in [5.74, 6) is 0.597. The molecule has 0 aromatic rings. The molecular formula is C16H27NO2. The van der Waals surface area contributed by atoms with Gasteiger partial charge in [-0.25, -0.2) is 0 Å². The fourth-order valence-electron chi connectivity index (χ4n) is 3.98. The standard InChI is InChI=1S/C16H27NO2/c1-4-13-6-7-15(10-13,12-17)16(18)8-9-19-14(3,5-2)11-16/h13,18H,4-11H2,1-3H3. The fraction of sp³-hybridized carbons (Fsp3) is 0.938. The SMILES string of the molecule is CCC1CCC(C#N)(C2(O)CCOC(C)(CC)C2)C1. The van der Waals surface area contributed by atoms with Gasteiger partial charge in [0.05, 0.1) is 29.3 Å². The van der Waals surface area contributed by atoms with Crippen LogP contribution in [0.25, 0.3) is 0 Å². The van der Waals surface area contributed by atoms with Crippen LogP contribution in [0, 0.1) is 22.7 Å². The van der Waals surface area contributed by atoms with Gasteiger partial charge < -0.3 is 9.84 Å². The third-order valence-corrected chi connectivity index (χ3v) is 5.68. The zero-order valence-corrected chi connectivity index (χ0v) is 12.5. The van der Waals surface area contributed by atoms with Crippen LogP contribution in [0.3, 0.4) is 0 Å². The van der Waals surface area contributed by atoms with Gasteiger partial charge in [-0.05, 0) is 38.5 Å². The van der Waals surface area contributed by atoms with Crippen molar-refractivity contribution in [3.05, 3.63) is 0 Å². The average molecular weight is 265 g/mol. The van der Waals surface area contributed by atoms with Crippen LogP contribution in [0.4, 0.5) is 0 Å². The second-order valence-corrected chi connectivity index (χ2v) is 6.82. The van der Waals surface area contributed by atoms with E-state index in [1.807, 2.05) is 0 Å². The smallest absolute Gasteiger partial charge is 0.0882 e. The van der Waals surface area contributed by atoms with Gasteiger partial charge in [0.25, 0.3) is 0 Å². The predicted molar refractivity (Wildman–Crippen MR) is 74.5 cm³/mol. The van der Waals surface area contributed by atoms with Crippen LogP contribution in [0.2, 0.25) is 0 Å². The van der Waals surface area contributed by atoms with Gasteiger partial charge in [0.1, 0.15) is 0 Å². The van der Waals surface area contributed by atoms with Crippen molar-refractivity contribution in [1.82, 2.24) is 0 Å². The first-order valence-corrected chi connectivity index (χ1v) is 7.70. The van der Waals surface area contributed by atoms with E-state index in [-0.39, 0.29) is 5.60 Å². The first-order valence-electron chi connectivity index (χ1n) is 7.70. The molecule has 3 heteroatoms. The van der Waals surface area contributed by atoms with Crippen LogP contribution in [0.5, 0.6) is 0 Å². The van der Waals surface area contributed by atoms with Gasteiger partial charge in [0, 0.05) is 12.8 Å². The summed E-state index contributed by atoms with van der Waals surface area (Å²) >= 11 is 0. The van der Waals surface area contributed by atoms with Crippen molar-refractivity contribution in [3.63, 3.8) is 0 Å². The topological polar surface area (TPSA) is 53.2 Å². The lowest BCUT2D eigenvalue weighted by atomic mass is 9.64. The van der Waals surface area contributed by atoms with Crippen LogP contribution in [-0.4, -0.2) is 22.9 Å². The third kappa shape index (κ3) is 2.41. The first kappa shape index (κ1) is 14.8. The quantitative estimate of drug-likeness (QED) is 0.850. The fourth-order valence-corrected chi connectivity index (χ4v) is 3.98. The molecule has 0 radical (unpaired) electrons. The normalized spacial score (nSPS) is 47.0. The molecule has 1 heterocycles. The highest BCUT2D eigenvalue weighted by Gasteiger charge is 2.57. The van der Waals surface area contributed by atoms with E-state index >= 15 is 0 Å². The van der Waals surface area contributed by atoms with E-state index in [0.717, 1.165) is 32.1 Å². The number of hydrogen-bond acceptors (Lipinski definition) is 3. The molecular weight excluding hydrogens is 238 g/mol. The average Bonchev–Trinajstić information content (AvgIpc) is 2.84. The molecule has 1 aliphatic heterocycles. The zero-order chi connectivity index (χ0) is 14.1. The van der Waals surface area contributed by atoms with Crippen molar-refractivity contribution in [1.29, 1.82) is 5.26 Å². The summed E-state index contributed by atoms with van der Waals surface area (Å²) in [6, 6.07) is 2.51. The molecule has 0 bridgehead atoms. The molecule has 0 aromatic carbocycles. The van der Waals surface area contributed by atoms with E-state index in [4.69, 9.17) is 4.74 Å². The summed E-state index contributed by atoms with van der Waals surface area (Å²) in [7, 11) is 0. The van der Waals surface area contributed by atoms with Crippen molar-refractivity contribution in [2.75, 3.05) is 6.61 Å². The number of nitrogens with zero attached hydrogens (tertiary/aromatic N) is 1. The minimum absolute atomic E-state index is 0.277.